The van der Waals surface area contributed by atoms with Gasteiger partial charge in [-0.3, -0.25) is 9.48 Å². The van der Waals surface area contributed by atoms with Crippen molar-refractivity contribution in [1.82, 2.24) is 15.0 Å². The average Bonchev–Trinajstić information content (AvgIpc) is 3.10. The van der Waals surface area contributed by atoms with Gasteiger partial charge in [0.05, 0.1) is 6.20 Å². The number of rotatable bonds is 4. The molecule has 2 aromatic rings. The molecule has 0 spiro atoms. The zero-order valence-electron chi connectivity index (χ0n) is 12.9. The van der Waals surface area contributed by atoms with Crippen molar-refractivity contribution in [2.75, 3.05) is 11.4 Å². The van der Waals surface area contributed by atoms with Gasteiger partial charge in [-0.25, -0.2) is 0 Å². The van der Waals surface area contributed by atoms with Crippen molar-refractivity contribution in [1.29, 1.82) is 0 Å². The minimum atomic E-state index is -0.0942. The Morgan fingerprint density at radius 2 is 2.09 bits per heavy atom. The van der Waals surface area contributed by atoms with Crippen molar-refractivity contribution < 1.29 is 4.79 Å². The van der Waals surface area contributed by atoms with Gasteiger partial charge in [0.2, 0.25) is 0 Å². The number of anilines is 1. The van der Waals surface area contributed by atoms with Crippen LogP contribution in [0.3, 0.4) is 0 Å². The molecule has 1 aromatic carbocycles. The SMILES string of the molecule is CC1c2ccccc2N(C(=O)c2cn(CCCN)nn2)C1C. The van der Waals surface area contributed by atoms with Crippen LogP contribution in [0.15, 0.2) is 30.5 Å². The highest BCUT2D eigenvalue weighted by molar-refractivity contribution is 6.06. The molecule has 0 saturated carbocycles. The van der Waals surface area contributed by atoms with Crippen LogP contribution in [-0.2, 0) is 6.54 Å². The molecule has 6 nitrogen and oxygen atoms in total. The van der Waals surface area contributed by atoms with Crippen molar-refractivity contribution in [2.45, 2.75) is 38.8 Å². The summed E-state index contributed by atoms with van der Waals surface area (Å²) < 4.78 is 1.68. The minimum Gasteiger partial charge on any atom is -0.330 e. The fourth-order valence-electron chi connectivity index (χ4n) is 2.97. The van der Waals surface area contributed by atoms with Crippen LogP contribution >= 0.6 is 0 Å². The number of carbonyl (C=O) groups is 1. The van der Waals surface area contributed by atoms with E-state index in [9.17, 15) is 4.79 Å². The van der Waals surface area contributed by atoms with Crippen molar-refractivity contribution in [3.8, 4) is 0 Å². The lowest BCUT2D eigenvalue weighted by molar-refractivity contribution is 0.0974. The Bertz CT molecular complexity index is 681. The van der Waals surface area contributed by atoms with Gasteiger partial charge in [0.1, 0.15) is 0 Å². The van der Waals surface area contributed by atoms with Gasteiger partial charge in [0.15, 0.2) is 5.69 Å². The Kier molecular flexibility index (Phi) is 3.94. The maximum Gasteiger partial charge on any atom is 0.280 e. The molecule has 2 atom stereocenters. The maximum atomic E-state index is 12.8. The third-order valence-electron chi connectivity index (χ3n) is 4.39. The summed E-state index contributed by atoms with van der Waals surface area (Å²) in [5, 5.41) is 8.04. The third kappa shape index (κ3) is 2.39. The lowest BCUT2D eigenvalue weighted by Crippen LogP contribution is -2.37. The molecular formula is C16H21N5O. The number of nitrogens with two attached hydrogens (primary N) is 1. The van der Waals surface area contributed by atoms with E-state index in [1.165, 1.54) is 5.56 Å². The second-order valence-electron chi connectivity index (χ2n) is 5.77. The van der Waals surface area contributed by atoms with Crippen LogP contribution in [0, 0.1) is 0 Å². The molecular weight excluding hydrogens is 278 g/mol. The number of para-hydroxylation sites is 1. The zero-order valence-corrected chi connectivity index (χ0v) is 12.9. The van der Waals surface area contributed by atoms with Gasteiger partial charge in [0.25, 0.3) is 5.91 Å². The Hall–Kier alpha value is -2.21. The number of aromatic nitrogens is 3. The van der Waals surface area contributed by atoms with Gasteiger partial charge in [-0.15, -0.1) is 5.10 Å². The summed E-state index contributed by atoms with van der Waals surface area (Å²) in [5.74, 6) is 0.218. The highest BCUT2D eigenvalue weighted by Crippen LogP contribution is 2.40. The maximum absolute atomic E-state index is 12.8. The molecule has 6 heteroatoms. The monoisotopic (exact) mass is 299 g/mol. The Balaban J connectivity index is 1.87. The first kappa shape index (κ1) is 14.7. The van der Waals surface area contributed by atoms with Crippen LogP contribution < -0.4 is 10.6 Å². The molecule has 0 radical (unpaired) electrons. The van der Waals surface area contributed by atoms with E-state index >= 15 is 0 Å². The van der Waals surface area contributed by atoms with Gasteiger partial charge >= 0.3 is 0 Å². The van der Waals surface area contributed by atoms with Gasteiger partial charge in [0, 0.05) is 24.2 Å². The van der Waals surface area contributed by atoms with E-state index in [0.717, 1.165) is 12.1 Å². The van der Waals surface area contributed by atoms with E-state index in [2.05, 4.69) is 30.2 Å². The molecule has 0 fully saturated rings. The molecule has 1 aliphatic heterocycles. The predicted molar refractivity (Wildman–Crippen MR) is 84.8 cm³/mol. The Morgan fingerprint density at radius 3 is 2.86 bits per heavy atom. The van der Waals surface area contributed by atoms with E-state index in [1.54, 1.807) is 10.9 Å². The first-order valence-corrected chi connectivity index (χ1v) is 7.66. The summed E-state index contributed by atoms with van der Waals surface area (Å²) in [6.45, 7) is 5.49. The van der Waals surface area contributed by atoms with E-state index in [0.29, 0.717) is 24.7 Å². The largest absolute Gasteiger partial charge is 0.330 e. The van der Waals surface area contributed by atoms with Gasteiger partial charge in [-0.1, -0.05) is 30.3 Å². The fraction of sp³-hybridized carbons (Fsp3) is 0.438. The smallest absolute Gasteiger partial charge is 0.280 e. The number of amides is 1. The third-order valence-corrected chi connectivity index (χ3v) is 4.39. The zero-order chi connectivity index (χ0) is 15.7. The molecule has 0 bridgehead atoms. The lowest BCUT2D eigenvalue weighted by atomic mass is 9.98. The van der Waals surface area contributed by atoms with E-state index in [4.69, 9.17) is 5.73 Å². The van der Waals surface area contributed by atoms with Crippen LogP contribution in [0.5, 0.6) is 0 Å². The Morgan fingerprint density at radius 1 is 1.32 bits per heavy atom. The molecule has 2 unspecified atom stereocenters. The first-order valence-electron chi connectivity index (χ1n) is 7.66. The molecule has 116 valence electrons. The number of fused-ring (bicyclic) bond motifs is 1. The normalized spacial score (nSPS) is 20.2. The summed E-state index contributed by atoms with van der Waals surface area (Å²) in [6.07, 6.45) is 2.52. The van der Waals surface area contributed by atoms with E-state index < -0.39 is 0 Å². The number of aryl methyl sites for hydroxylation is 1. The predicted octanol–water partition coefficient (Wildman–Crippen LogP) is 1.78. The van der Waals surface area contributed by atoms with Crippen molar-refractivity contribution in [3.63, 3.8) is 0 Å². The first-order chi connectivity index (χ1) is 10.6. The highest BCUT2D eigenvalue weighted by atomic mass is 16.2. The fourth-order valence-corrected chi connectivity index (χ4v) is 2.97. The standard InChI is InChI=1S/C16H21N5O/c1-11-12(2)21(15-7-4-3-6-13(11)15)16(22)14-10-20(19-18-14)9-5-8-17/h3-4,6-7,10-12H,5,8-9,17H2,1-2H3. The summed E-state index contributed by atoms with van der Waals surface area (Å²) in [6, 6.07) is 8.16. The van der Waals surface area contributed by atoms with E-state index in [1.807, 2.05) is 23.1 Å². The number of hydrogen-bond donors (Lipinski definition) is 1. The van der Waals surface area contributed by atoms with Crippen LogP contribution in [0.4, 0.5) is 5.69 Å². The molecule has 1 amide bonds. The summed E-state index contributed by atoms with van der Waals surface area (Å²) in [5.41, 5.74) is 8.06. The minimum absolute atomic E-state index is 0.0942. The summed E-state index contributed by atoms with van der Waals surface area (Å²) >= 11 is 0. The topological polar surface area (TPSA) is 77.0 Å². The molecule has 3 rings (SSSR count). The van der Waals surface area contributed by atoms with Gasteiger partial charge in [-0.2, -0.15) is 0 Å². The molecule has 0 aliphatic carbocycles. The molecule has 1 aliphatic rings. The average molecular weight is 299 g/mol. The second-order valence-corrected chi connectivity index (χ2v) is 5.77. The molecule has 2 heterocycles. The molecule has 1 aromatic heterocycles. The van der Waals surface area contributed by atoms with Crippen molar-refractivity contribution >= 4 is 11.6 Å². The number of carbonyl (C=O) groups excluding carboxylic acids is 1. The quantitative estimate of drug-likeness (QED) is 0.933. The van der Waals surface area contributed by atoms with E-state index in [-0.39, 0.29) is 11.9 Å². The summed E-state index contributed by atoms with van der Waals surface area (Å²) in [7, 11) is 0. The summed E-state index contributed by atoms with van der Waals surface area (Å²) in [4.78, 5) is 14.7. The molecule has 22 heavy (non-hydrogen) atoms. The molecule has 2 N–H and O–H groups in total. The number of nitrogens with zero attached hydrogens (tertiary/aromatic N) is 4. The number of hydrogen-bond acceptors (Lipinski definition) is 4. The number of benzene rings is 1. The van der Waals surface area contributed by atoms with Gasteiger partial charge < -0.3 is 10.6 Å². The van der Waals surface area contributed by atoms with Crippen molar-refractivity contribution in [2.24, 2.45) is 5.73 Å². The highest BCUT2D eigenvalue weighted by Gasteiger charge is 2.37. The van der Waals surface area contributed by atoms with Crippen LogP contribution in [0.1, 0.15) is 42.2 Å². The second kappa shape index (κ2) is 5.88. The lowest BCUT2D eigenvalue weighted by Gasteiger charge is -2.23. The van der Waals surface area contributed by atoms with Crippen LogP contribution in [0.25, 0.3) is 0 Å². The van der Waals surface area contributed by atoms with Crippen LogP contribution in [0.2, 0.25) is 0 Å². The Labute approximate surface area is 129 Å². The van der Waals surface area contributed by atoms with Crippen LogP contribution in [-0.4, -0.2) is 33.5 Å². The van der Waals surface area contributed by atoms with Gasteiger partial charge in [-0.05, 0) is 31.5 Å². The molecule has 0 saturated heterocycles. The van der Waals surface area contributed by atoms with Crippen molar-refractivity contribution in [3.05, 3.63) is 41.7 Å².